The molecule has 0 atom stereocenters. The minimum absolute atomic E-state index is 0.177. The fourth-order valence-electron chi connectivity index (χ4n) is 1.61. The van der Waals surface area contributed by atoms with Crippen molar-refractivity contribution < 1.29 is 4.39 Å². The minimum Gasteiger partial charge on any atom is -0.207 e. The number of halogens is 3. The van der Waals surface area contributed by atoms with Crippen molar-refractivity contribution in [2.45, 2.75) is 18.3 Å². The highest BCUT2D eigenvalue weighted by Crippen LogP contribution is 2.51. The van der Waals surface area contributed by atoms with Crippen molar-refractivity contribution in [2.75, 3.05) is 5.88 Å². The second-order valence-electron chi connectivity index (χ2n) is 3.51. The maximum absolute atomic E-state index is 13.4. The van der Waals surface area contributed by atoms with Gasteiger partial charge in [0.2, 0.25) is 0 Å². The Kier molecular flexibility index (Phi) is 2.25. The molecule has 0 heterocycles. The molecule has 0 N–H and O–H groups in total. The molecule has 70 valence electrons. The van der Waals surface area contributed by atoms with E-state index in [0.717, 1.165) is 12.8 Å². The van der Waals surface area contributed by atoms with Gasteiger partial charge in [-0.25, -0.2) is 4.39 Å². The van der Waals surface area contributed by atoms with Gasteiger partial charge in [-0.15, -0.1) is 11.6 Å². The Balaban J connectivity index is 2.50. The van der Waals surface area contributed by atoms with Crippen LogP contribution in [0.1, 0.15) is 18.4 Å². The second-order valence-corrected chi connectivity index (χ2v) is 4.19. The van der Waals surface area contributed by atoms with Gasteiger partial charge in [0.1, 0.15) is 5.82 Å². The summed E-state index contributed by atoms with van der Waals surface area (Å²) in [6.45, 7) is 0. The van der Waals surface area contributed by atoms with Gasteiger partial charge in [-0.05, 0) is 25.0 Å². The van der Waals surface area contributed by atoms with E-state index in [1.165, 1.54) is 6.07 Å². The summed E-state index contributed by atoms with van der Waals surface area (Å²) >= 11 is 11.7. The maximum atomic E-state index is 13.4. The molecule has 0 radical (unpaired) electrons. The molecule has 0 amide bonds. The third-order valence-electron chi connectivity index (χ3n) is 2.60. The van der Waals surface area contributed by atoms with Crippen molar-refractivity contribution in [1.29, 1.82) is 0 Å². The van der Waals surface area contributed by atoms with Gasteiger partial charge in [-0.2, -0.15) is 0 Å². The molecule has 0 aromatic heterocycles. The van der Waals surface area contributed by atoms with Gasteiger partial charge < -0.3 is 0 Å². The third kappa shape index (κ3) is 1.44. The van der Waals surface area contributed by atoms with Crippen LogP contribution in [-0.4, -0.2) is 5.88 Å². The van der Waals surface area contributed by atoms with Crippen LogP contribution in [0.15, 0.2) is 18.2 Å². The predicted molar refractivity (Wildman–Crippen MR) is 53.0 cm³/mol. The first-order valence-corrected chi connectivity index (χ1v) is 5.11. The van der Waals surface area contributed by atoms with E-state index >= 15 is 0 Å². The van der Waals surface area contributed by atoms with Gasteiger partial charge in [0, 0.05) is 21.9 Å². The Bertz CT molecular complexity index is 311. The maximum Gasteiger partial charge on any atom is 0.128 e. The highest BCUT2D eigenvalue weighted by Gasteiger charge is 2.46. The summed E-state index contributed by atoms with van der Waals surface area (Å²) in [5.41, 5.74) is 0.427. The van der Waals surface area contributed by atoms with Crippen LogP contribution in [-0.2, 0) is 5.41 Å². The lowest BCUT2D eigenvalue weighted by Gasteiger charge is -2.14. The summed E-state index contributed by atoms with van der Waals surface area (Å²) in [5, 5.41) is 0.498. The van der Waals surface area contributed by atoms with Crippen LogP contribution in [0.25, 0.3) is 0 Å². The Labute approximate surface area is 86.7 Å². The molecule has 0 bridgehead atoms. The molecule has 1 saturated carbocycles. The van der Waals surface area contributed by atoms with E-state index in [4.69, 9.17) is 23.2 Å². The summed E-state index contributed by atoms with van der Waals surface area (Å²) in [6.07, 6.45) is 1.88. The van der Waals surface area contributed by atoms with Crippen LogP contribution in [0.2, 0.25) is 5.02 Å². The molecule has 1 aliphatic carbocycles. The Hall–Kier alpha value is -0.270. The van der Waals surface area contributed by atoms with Gasteiger partial charge in [0.25, 0.3) is 0 Å². The fraction of sp³-hybridized carbons (Fsp3) is 0.400. The van der Waals surface area contributed by atoms with Gasteiger partial charge in [0.15, 0.2) is 0 Å². The van der Waals surface area contributed by atoms with Crippen LogP contribution < -0.4 is 0 Å². The van der Waals surface area contributed by atoms with E-state index in [0.29, 0.717) is 16.5 Å². The van der Waals surface area contributed by atoms with E-state index in [2.05, 4.69) is 0 Å². The highest BCUT2D eigenvalue weighted by molar-refractivity contribution is 6.31. The van der Waals surface area contributed by atoms with Crippen LogP contribution in [0.3, 0.4) is 0 Å². The van der Waals surface area contributed by atoms with Crippen molar-refractivity contribution in [3.8, 4) is 0 Å². The summed E-state index contributed by atoms with van der Waals surface area (Å²) in [4.78, 5) is 0. The normalized spacial score (nSPS) is 18.7. The molecule has 13 heavy (non-hydrogen) atoms. The van der Waals surface area contributed by atoms with Gasteiger partial charge in [-0.1, -0.05) is 17.7 Å². The number of hydrogen-bond donors (Lipinski definition) is 0. The van der Waals surface area contributed by atoms with Crippen molar-refractivity contribution >= 4 is 23.2 Å². The van der Waals surface area contributed by atoms with Crippen LogP contribution in [0.4, 0.5) is 4.39 Å². The molecule has 2 rings (SSSR count). The Morgan fingerprint density at radius 1 is 1.38 bits per heavy atom. The van der Waals surface area contributed by atoms with E-state index in [-0.39, 0.29) is 11.2 Å². The largest absolute Gasteiger partial charge is 0.207 e. The van der Waals surface area contributed by atoms with Gasteiger partial charge >= 0.3 is 0 Å². The first kappa shape index (κ1) is 9.29. The molecule has 0 saturated heterocycles. The van der Waals surface area contributed by atoms with Crippen LogP contribution in [0.5, 0.6) is 0 Å². The van der Waals surface area contributed by atoms with Crippen molar-refractivity contribution in [3.63, 3.8) is 0 Å². The summed E-state index contributed by atoms with van der Waals surface area (Å²) in [6, 6.07) is 4.77. The standard InChI is InChI=1S/C10H9Cl2F/c11-6-10(4-5-10)9-7(12)2-1-3-8(9)13/h1-3H,4-6H2. The fourth-order valence-corrected chi connectivity index (χ4v) is 2.37. The van der Waals surface area contributed by atoms with Crippen LogP contribution >= 0.6 is 23.2 Å². The topological polar surface area (TPSA) is 0 Å². The first-order chi connectivity index (χ1) is 6.19. The van der Waals surface area contributed by atoms with Gasteiger partial charge in [-0.3, -0.25) is 0 Å². The third-order valence-corrected chi connectivity index (χ3v) is 3.43. The lowest BCUT2D eigenvalue weighted by atomic mass is 9.97. The average Bonchev–Trinajstić information content (AvgIpc) is 2.85. The molecule has 0 aliphatic heterocycles. The molecule has 1 aromatic rings. The van der Waals surface area contributed by atoms with Crippen molar-refractivity contribution in [2.24, 2.45) is 0 Å². The SMILES string of the molecule is Fc1cccc(Cl)c1C1(CCl)CC1. The summed E-state index contributed by atoms with van der Waals surface area (Å²) < 4.78 is 13.4. The molecular formula is C10H9Cl2F. The molecule has 1 aliphatic rings. The number of hydrogen-bond acceptors (Lipinski definition) is 0. The van der Waals surface area contributed by atoms with E-state index in [1.54, 1.807) is 12.1 Å². The van der Waals surface area contributed by atoms with Crippen LogP contribution in [0, 0.1) is 5.82 Å². The first-order valence-electron chi connectivity index (χ1n) is 4.20. The van der Waals surface area contributed by atoms with E-state index < -0.39 is 0 Å². The smallest absolute Gasteiger partial charge is 0.128 e. The van der Waals surface area contributed by atoms with Gasteiger partial charge in [0.05, 0.1) is 0 Å². The zero-order chi connectivity index (χ0) is 9.47. The van der Waals surface area contributed by atoms with Crippen molar-refractivity contribution in [1.82, 2.24) is 0 Å². The lowest BCUT2D eigenvalue weighted by molar-refractivity contribution is 0.588. The lowest BCUT2D eigenvalue weighted by Crippen LogP contribution is -2.11. The number of alkyl halides is 1. The zero-order valence-electron chi connectivity index (χ0n) is 6.99. The molecule has 1 fully saturated rings. The molecule has 3 heteroatoms. The molecule has 0 spiro atoms. The Morgan fingerprint density at radius 2 is 2.08 bits per heavy atom. The quantitative estimate of drug-likeness (QED) is 0.664. The molecule has 1 aromatic carbocycles. The van der Waals surface area contributed by atoms with Crippen molar-refractivity contribution in [3.05, 3.63) is 34.6 Å². The zero-order valence-corrected chi connectivity index (χ0v) is 8.50. The molecule has 0 unspecified atom stereocenters. The number of rotatable bonds is 2. The Morgan fingerprint density at radius 3 is 2.54 bits per heavy atom. The monoisotopic (exact) mass is 218 g/mol. The second kappa shape index (κ2) is 3.14. The number of benzene rings is 1. The van der Waals surface area contributed by atoms with E-state index in [9.17, 15) is 4.39 Å². The highest BCUT2D eigenvalue weighted by atomic mass is 35.5. The summed E-state index contributed by atoms with van der Waals surface area (Å²) in [5.74, 6) is 0.221. The molecule has 0 nitrogen and oxygen atoms in total. The summed E-state index contributed by atoms with van der Waals surface area (Å²) in [7, 11) is 0. The molecular weight excluding hydrogens is 210 g/mol. The average molecular weight is 219 g/mol. The minimum atomic E-state index is -0.231. The van der Waals surface area contributed by atoms with E-state index in [1.807, 2.05) is 0 Å². The predicted octanol–water partition coefficient (Wildman–Crippen LogP) is 3.75.